The highest BCUT2D eigenvalue weighted by atomic mass is 16.2. The van der Waals surface area contributed by atoms with Crippen molar-refractivity contribution < 1.29 is 4.79 Å². The molecule has 94 valence electrons. The molecule has 1 aromatic heterocycles. The van der Waals surface area contributed by atoms with Gasteiger partial charge < -0.3 is 10.6 Å². The Balaban J connectivity index is 2.16. The van der Waals surface area contributed by atoms with E-state index in [1.54, 1.807) is 11.9 Å². The number of hydrogen-bond donors (Lipinski definition) is 2. The number of anilines is 1. The van der Waals surface area contributed by atoms with Crippen molar-refractivity contribution in [3.05, 3.63) is 47.7 Å². The van der Waals surface area contributed by atoms with E-state index in [1.807, 2.05) is 37.3 Å². The minimum Gasteiger partial charge on any atom is -0.382 e. The molecule has 0 bridgehead atoms. The average Bonchev–Trinajstić information content (AvgIpc) is 2.84. The first-order chi connectivity index (χ1) is 8.59. The van der Waals surface area contributed by atoms with Gasteiger partial charge in [0.1, 0.15) is 11.5 Å². The number of nitrogens with zero attached hydrogens (tertiary/aromatic N) is 2. The van der Waals surface area contributed by atoms with Crippen LogP contribution in [0, 0.1) is 0 Å². The zero-order valence-corrected chi connectivity index (χ0v) is 10.4. The summed E-state index contributed by atoms with van der Waals surface area (Å²) in [6, 6.07) is 11.4. The molecule has 5 heteroatoms. The van der Waals surface area contributed by atoms with Crippen LogP contribution in [0.2, 0.25) is 0 Å². The van der Waals surface area contributed by atoms with E-state index in [2.05, 4.69) is 10.2 Å². The summed E-state index contributed by atoms with van der Waals surface area (Å²) < 4.78 is 0. The first-order valence-corrected chi connectivity index (χ1v) is 5.72. The van der Waals surface area contributed by atoms with Crippen LogP contribution in [0.5, 0.6) is 0 Å². The van der Waals surface area contributed by atoms with E-state index in [4.69, 9.17) is 5.73 Å². The van der Waals surface area contributed by atoms with Gasteiger partial charge in [0.05, 0.1) is 6.04 Å². The van der Waals surface area contributed by atoms with Gasteiger partial charge in [0, 0.05) is 13.1 Å². The smallest absolute Gasteiger partial charge is 0.272 e. The molecule has 0 saturated heterocycles. The largest absolute Gasteiger partial charge is 0.382 e. The fraction of sp³-hybridized carbons (Fsp3) is 0.231. The number of aromatic amines is 1. The van der Waals surface area contributed by atoms with Gasteiger partial charge in [0.2, 0.25) is 0 Å². The van der Waals surface area contributed by atoms with Crippen molar-refractivity contribution in [1.82, 2.24) is 15.1 Å². The summed E-state index contributed by atoms with van der Waals surface area (Å²) in [5, 5.41) is 6.38. The van der Waals surface area contributed by atoms with Gasteiger partial charge in [-0.05, 0) is 12.5 Å². The first-order valence-electron chi connectivity index (χ1n) is 5.72. The van der Waals surface area contributed by atoms with Crippen molar-refractivity contribution in [3.8, 4) is 0 Å². The number of hydrogen-bond acceptors (Lipinski definition) is 3. The van der Waals surface area contributed by atoms with E-state index in [0.717, 1.165) is 5.56 Å². The van der Waals surface area contributed by atoms with Gasteiger partial charge >= 0.3 is 0 Å². The molecule has 0 aliphatic heterocycles. The molecular formula is C13H16N4O. The van der Waals surface area contributed by atoms with E-state index in [0.29, 0.717) is 11.5 Å². The number of aromatic nitrogens is 2. The lowest BCUT2D eigenvalue weighted by atomic mass is 10.1. The molecular weight excluding hydrogens is 228 g/mol. The Morgan fingerprint density at radius 3 is 2.61 bits per heavy atom. The molecule has 1 heterocycles. The highest BCUT2D eigenvalue weighted by molar-refractivity contribution is 5.93. The summed E-state index contributed by atoms with van der Waals surface area (Å²) >= 11 is 0. The molecule has 0 aliphatic carbocycles. The predicted molar refractivity (Wildman–Crippen MR) is 70.0 cm³/mol. The zero-order valence-electron chi connectivity index (χ0n) is 10.4. The summed E-state index contributed by atoms with van der Waals surface area (Å²) in [5.41, 5.74) is 6.98. The predicted octanol–water partition coefficient (Wildman–Crippen LogP) is 1.83. The van der Waals surface area contributed by atoms with E-state index in [1.165, 1.54) is 6.07 Å². The Morgan fingerprint density at radius 2 is 2.06 bits per heavy atom. The molecule has 0 saturated carbocycles. The van der Waals surface area contributed by atoms with Crippen LogP contribution in [0.25, 0.3) is 0 Å². The van der Waals surface area contributed by atoms with Crippen LogP contribution in [0.15, 0.2) is 36.4 Å². The van der Waals surface area contributed by atoms with E-state index >= 15 is 0 Å². The molecule has 0 fully saturated rings. The lowest BCUT2D eigenvalue weighted by molar-refractivity contribution is 0.0736. The standard InChI is InChI=1S/C13H16N4O/c1-9(10-6-4-3-5-7-10)17(2)13(18)11-8-12(14)16-15-11/h3-9H,1-2H3,(H3,14,15,16). The molecule has 5 nitrogen and oxygen atoms in total. The molecule has 1 atom stereocenters. The third kappa shape index (κ3) is 2.34. The van der Waals surface area contributed by atoms with Crippen molar-refractivity contribution in [2.75, 3.05) is 12.8 Å². The summed E-state index contributed by atoms with van der Waals surface area (Å²) in [6.07, 6.45) is 0. The lowest BCUT2D eigenvalue weighted by Gasteiger charge is -2.24. The van der Waals surface area contributed by atoms with Crippen LogP contribution in [0.3, 0.4) is 0 Å². The van der Waals surface area contributed by atoms with Crippen molar-refractivity contribution in [2.45, 2.75) is 13.0 Å². The zero-order chi connectivity index (χ0) is 13.1. The maximum absolute atomic E-state index is 12.2. The molecule has 0 spiro atoms. The average molecular weight is 244 g/mol. The molecule has 2 rings (SSSR count). The topological polar surface area (TPSA) is 75.0 Å². The van der Waals surface area contributed by atoms with Crippen molar-refractivity contribution in [2.24, 2.45) is 0 Å². The number of rotatable bonds is 3. The third-order valence-corrected chi connectivity index (χ3v) is 3.01. The number of nitrogens with one attached hydrogen (secondary N) is 1. The van der Waals surface area contributed by atoms with Gasteiger partial charge in [0.15, 0.2) is 0 Å². The SMILES string of the molecule is CC(c1ccccc1)N(C)C(=O)c1cc(N)n[nH]1. The molecule has 18 heavy (non-hydrogen) atoms. The first kappa shape index (κ1) is 12.2. The van der Waals surface area contributed by atoms with Gasteiger partial charge in [-0.1, -0.05) is 30.3 Å². The Kier molecular flexibility index (Phi) is 3.32. The highest BCUT2D eigenvalue weighted by Crippen LogP contribution is 2.20. The Bertz CT molecular complexity index is 535. The third-order valence-electron chi connectivity index (χ3n) is 3.01. The second kappa shape index (κ2) is 4.91. The Hall–Kier alpha value is -2.30. The summed E-state index contributed by atoms with van der Waals surface area (Å²) in [5.74, 6) is 0.190. The van der Waals surface area contributed by atoms with Gasteiger partial charge in [-0.2, -0.15) is 5.10 Å². The van der Waals surface area contributed by atoms with E-state index in [-0.39, 0.29) is 11.9 Å². The number of benzene rings is 1. The number of H-pyrrole nitrogens is 1. The fourth-order valence-electron chi connectivity index (χ4n) is 1.77. The van der Waals surface area contributed by atoms with Crippen LogP contribution in [0.4, 0.5) is 5.82 Å². The van der Waals surface area contributed by atoms with Crippen LogP contribution < -0.4 is 5.73 Å². The maximum atomic E-state index is 12.2. The Labute approximate surface area is 106 Å². The van der Waals surface area contributed by atoms with Crippen molar-refractivity contribution in [3.63, 3.8) is 0 Å². The highest BCUT2D eigenvalue weighted by Gasteiger charge is 2.20. The quantitative estimate of drug-likeness (QED) is 0.864. The minimum absolute atomic E-state index is 0.0109. The van der Waals surface area contributed by atoms with Crippen LogP contribution in [0.1, 0.15) is 29.0 Å². The summed E-state index contributed by atoms with van der Waals surface area (Å²) in [6.45, 7) is 1.98. The van der Waals surface area contributed by atoms with Gasteiger partial charge in [-0.15, -0.1) is 0 Å². The van der Waals surface area contributed by atoms with Crippen LogP contribution in [-0.2, 0) is 0 Å². The molecule has 1 unspecified atom stereocenters. The molecule has 1 amide bonds. The van der Waals surface area contributed by atoms with Gasteiger partial charge in [-0.3, -0.25) is 9.89 Å². The second-order valence-corrected chi connectivity index (χ2v) is 4.21. The molecule has 2 aromatic rings. The summed E-state index contributed by atoms with van der Waals surface area (Å²) in [7, 11) is 1.76. The molecule has 0 aliphatic rings. The normalized spacial score (nSPS) is 12.1. The minimum atomic E-state index is -0.129. The number of nitrogens with two attached hydrogens (primary N) is 1. The van der Waals surface area contributed by atoms with Crippen LogP contribution >= 0.6 is 0 Å². The summed E-state index contributed by atoms with van der Waals surface area (Å²) in [4.78, 5) is 13.8. The monoisotopic (exact) mass is 244 g/mol. The molecule has 0 radical (unpaired) electrons. The van der Waals surface area contributed by atoms with Crippen LogP contribution in [-0.4, -0.2) is 28.1 Å². The van der Waals surface area contributed by atoms with Gasteiger partial charge in [0.25, 0.3) is 5.91 Å². The van der Waals surface area contributed by atoms with E-state index < -0.39 is 0 Å². The lowest BCUT2D eigenvalue weighted by Crippen LogP contribution is -2.29. The number of carbonyl (C=O) groups is 1. The maximum Gasteiger partial charge on any atom is 0.272 e. The second-order valence-electron chi connectivity index (χ2n) is 4.21. The van der Waals surface area contributed by atoms with E-state index in [9.17, 15) is 4.79 Å². The molecule has 3 N–H and O–H groups in total. The number of carbonyl (C=O) groups excluding carboxylic acids is 1. The number of nitrogen functional groups attached to an aromatic ring is 1. The molecule has 1 aromatic carbocycles. The van der Waals surface area contributed by atoms with Gasteiger partial charge in [-0.25, -0.2) is 0 Å². The van der Waals surface area contributed by atoms with Crippen molar-refractivity contribution in [1.29, 1.82) is 0 Å². The Morgan fingerprint density at radius 1 is 1.39 bits per heavy atom. The fourth-order valence-corrected chi connectivity index (χ4v) is 1.77. The number of amides is 1. The van der Waals surface area contributed by atoms with Crippen molar-refractivity contribution >= 4 is 11.7 Å².